The van der Waals surface area contributed by atoms with E-state index >= 15 is 0 Å². The highest BCUT2D eigenvalue weighted by molar-refractivity contribution is 5.74. The number of carbonyl (C=O) groups excluding carboxylic acids is 1. The third-order valence-corrected chi connectivity index (χ3v) is 3.99. The van der Waals surface area contributed by atoms with Gasteiger partial charge in [0.25, 0.3) is 0 Å². The molecule has 0 heterocycles. The Morgan fingerprint density at radius 3 is 2.13 bits per heavy atom. The average Bonchev–Trinajstić information content (AvgIpc) is 2.52. The van der Waals surface area contributed by atoms with Crippen LogP contribution in [0.15, 0.2) is 24.3 Å². The molecule has 2 atom stereocenters. The maximum atomic E-state index is 12.3. The van der Waals surface area contributed by atoms with E-state index in [1.165, 1.54) is 0 Å². The van der Waals surface area contributed by atoms with Crippen molar-refractivity contribution in [2.45, 2.75) is 46.2 Å². The molecular formula is C18H30N2O3. The Morgan fingerprint density at radius 1 is 1.09 bits per heavy atom. The lowest BCUT2D eigenvalue weighted by atomic mass is 9.96. The van der Waals surface area contributed by atoms with Gasteiger partial charge in [-0.1, -0.05) is 39.8 Å². The molecule has 5 nitrogen and oxygen atoms in total. The molecule has 2 amide bonds. The van der Waals surface area contributed by atoms with Gasteiger partial charge in [-0.25, -0.2) is 4.79 Å². The molecular weight excluding hydrogens is 292 g/mol. The van der Waals surface area contributed by atoms with Crippen LogP contribution in [0.25, 0.3) is 0 Å². The molecule has 0 aliphatic rings. The van der Waals surface area contributed by atoms with Crippen molar-refractivity contribution in [1.29, 1.82) is 0 Å². The first-order chi connectivity index (χ1) is 10.9. The smallest absolute Gasteiger partial charge is 0.315 e. The molecule has 1 rings (SSSR count). The Labute approximate surface area is 139 Å². The Balaban J connectivity index is 2.76. The minimum Gasteiger partial charge on any atom is -0.497 e. The average molecular weight is 322 g/mol. The molecule has 1 aromatic rings. The fourth-order valence-electron chi connectivity index (χ4n) is 2.51. The highest BCUT2D eigenvalue weighted by Gasteiger charge is 2.21. The molecule has 5 heteroatoms. The molecule has 0 spiro atoms. The van der Waals surface area contributed by atoms with Crippen LogP contribution in [-0.4, -0.2) is 30.9 Å². The van der Waals surface area contributed by atoms with Gasteiger partial charge >= 0.3 is 6.03 Å². The predicted octanol–water partition coefficient (Wildman–Crippen LogP) is 3.10. The van der Waals surface area contributed by atoms with Gasteiger partial charge in [-0.15, -0.1) is 0 Å². The lowest BCUT2D eigenvalue weighted by Crippen LogP contribution is -2.46. The van der Waals surface area contributed by atoms with Crippen molar-refractivity contribution in [1.82, 2.24) is 10.6 Å². The SMILES string of the molecule is COc1ccc(C(NC(=O)NC(CCO)C(C)C)C(C)C)cc1. The van der Waals surface area contributed by atoms with Gasteiger partial charge in [-0.2, -0.15) is 0 Å². The molecule has 3 N–H and O–H groups in total. The summed E-state index contributed by atoms with van der Waals surface area (Å²) in [6.07, 6.45) is 0.556. The van der Waals surface area contributed by atoms with Crippen LogP contribution < -0.4 is 15.4 Å². The zero-order valence-electron chi connectivity index (χ0n) is 14.8. The Hall–Kier alpha value is -1.75. The molecule has 0 aliphatic heterocycles. The van der Waals surface area contributed by atoms with Gasteiger partial charge in [0, 0.05) is 12.6 Å². The Bertz CT molecular complexity index is 472. The largest absolute Gasteiger partial charge is 0.497 e. The van der Waals surface area contributed by atoms with Gasteiger partial charge in [-0.05, 0) is 36.0 Å². The highest BCUT2D eigenvalue weighted by Crippen LogP contribution is 2.23. The van der Waals surface area contributed by atoms with Crippen molar-refractivity contribution >= 4 is 6.03 Å². The zero-order valence-corrected chi connectivity index (χ0v) is 14.8. The zero-order chi connectivity index (χ0) is 17.4. The summed E-state index contributed by atoms with van der Waals surface area (Å²) in [5.41, 5.74) is 1.04. The summed E-state index contributed by atoms with van der Waals surface area (Å²) in [5, 5.41) is 15.1. The van der Waals surface area contributed by atoms with Crippen LogP contribution >= 0.6 is 0 Å². The van der Waals surface area contributed by atoms with Crippen LogP contribution in [0.5, 0.6) is 5.75 Å². The van der Waals surface area contributed by atoms with E-state index in [4.69, 9.17) is 9.84 Å². The molecule has 23 heavy (non-hydrogen) atoms. The summed E-state index contributed by atoms with van der Waals surface area (Å²) in [7, 11) is 1.63. The Kier molecular flexibility index (Phi) is 7.89. The number of rotatable bonds is 8. The monoisotopic (exact) mass is 322 g/mol. The van der Waals surface area contributed by atoms with Crippen molar-refractivity contribution in [2.24, 2.45) is 11.8 Å². The fourth-order valence-corrected chi connectivity index (χ4v) is 2.51. The first kappa shape index (κ1) is 19.3. The van der Waals surface area contributed by atoms with E-state index in [9.17, 15) is 4.79 Å². The third-order valence-electron chi connectivity index (χ3n) is 3.99. The summed E-state index contributed by atoms with van der Waals surface area (Å²) in [4.78, 5) is 12.3. The summed E-state index contributed by atoms with van der Waals surface area (Å²) >= 11 is 0. The molecule has 0 saturated carbocycles. The lowest BCUT2D eigenvalue weighted by Gasteiger charge is -2.27. The quantitative estimate of drug-likeness (QED) is 0.689. The molecule has 2 unspecified atom stereocenters. The van der Waals surface area contributed by atoms with Gasteiger partial charge in [0.15, 0.2) is 0 Å². The first-order valence-electron chi connectivity index (χ1n) is 8.20. The molecule has 0 fully saturated rings. The number of methoxy groups -OCH3 is 1. The highest BCUT2D eigenvalue weighted by atomic mass is 16.5. The predicted molar refractivity (Wildman–Crippen MR) is 92.6 cm³/mol. The summed E-state index contributed by atoms with van der Waals surface area (Å²) in [6.45, 7) is 8.27. The Morgan fingerprint density at radius 2 is 1.70 bits per heavy atom. The van der Waals surface area contributed by atoms with E-state index in [1.807, 2.05) is 38.1 Å². The number of hydrogen-bond acceptors (Lipinski definition) is 3. The molecule has 0 radical (unpaired) electrons. The minimum absolute atomic E-state index is 0.0383. The normalized spacial score (nSPS) is 13.7. The van der Waals surface area contributed by atoms with Crippen LogP contribution in [0.3, 0.4) is 0 Å². The van der Waals surface area contributed by atoms with E-state index < -0.39 is 0 Å². The molecule has 1 aromatic carbocycles. The number of hydrogen-bond donors (Lipinski definition) is 3. The van der Waals surface area contributed by atoms with E-state index in [-0.39, 0.29) is 36.6 Å². The van der Waals surface area contributed by atoms with Crippen LogP contribution in [-0.2, 0) is 0 Å². The number of amides is 2. The van der Waals surface area contributed by atoms with Crippen LogP contribution in [0.2, 0.25) is 0 Å². The van der Waals surface area contributed by atoms with Gasteiger partial charge in [0.2, 0.25) is 0 Å². The second kappa shape index (κ2) is 9.40. The van der Waals surface area contributed by atoms with Gasteiger partial charge in [0.05, 0.1) is 13.2 Å². The maximum absolute atomic E-state index is 12.3. The number of aliphatic hydroxyl groups is 1. The second-order valence-corrected chi connectivity index (χ2v) is 6.48. The van der Waals surface area contributed by atoms with E-state index in [2.05, 4.69) is 24.5 Å². The van der Waals surface area contributed by atoms with Crippen molar-refractivity contribution in [3.63, 3.8) is 0 Å². The second-order valence-electron chi connectivity index (χ2n) is 6.48. The summed E-state index contributed by atoms with van der Waals surface area (Å²) in [5.74, 6) is 1.32. The van der Waals surface area contributed by atoms with Crippen molar-refractivity contribution < 1.29 is 14.6 Å². The van der Waals surface area contributed by atoms with Crippen LogP contribution in [0, 0.1) is 11.8 Å². The first-order valence-corrected chi connectivity index (χ1v) is 8.20. The molecule has 0 bridgehead atoms. The maximum Gasteiger partial charge on any atom is 0.315 e. The summed E-state index contributed by atoms with van der Waals surface area (Å²) < 4.78 is 5.17. The van der Waals surface area contributed by atoms with Gasteiger partial charge in [-0.3, -0.25) is 0 Å². The van der Waals surface area contributed by atoms with Crippen molar-refractivity contribution in [2.75, 3.05) is 13.7 Å². The number of urea groups is 1. The van der Waals surface area contributed by atoms with E-state index in [0.717, 1.165) is 11.3 Å². The van der Waals surface area contributed by atoms with E-state index in [0.29, 0.717) is 6.42 Å². The number of nitrogens with one attached hydrogen (secondary N) is 2. The van der Waals surface area contributed by atoms with Gasteiger partial charge < -0.3 is 20.5 Å². The number of aliphatic hydroxyl groups excluding tert-OH is 1. The topological polar surface area (TPSA) is 70.6 Å². The minimum atomic E-state index is -0.202. The molecule has 130 valence electrons. The van der Waals surface area contributed by atoms with Crippen molar-refractivity contribution in [3.05, 3.63) is 29.8 Å². The van der Waals surface area contributed by atoms with Crippen LogP contribution in [0.4, 0.5) is 4.79 Å². The van der Waals surface area contributed by atoms with E-state index in [1.54, 1.807) is 7.11 Å². The molecule has 0 aliphatic carbocycles. The number of benzene rings is 1. The third kappa shape index (κ3) is 6.10. The van der Waals surface area contributed by atoms with Crippen molar-refractivity contribution in [3.8, 4) is 5.75 Å². The number of ether oxygens (including phenoxy) is 1. The molecule has 0 saturated heterocycles. The number of carbonyl (C=O) groups is 1. The summed E-state index contributed by atoms with van der Waals surface area (Å²) in [6, 6.07) is 7.41. The molecule has 0 aromatic heterocycles. The standard InChI is InChI=1S/C18H30N2O3/c1-12(2)16(10-11-21)19-18(22)20-17(13(3)4)14-6-8-15(23-5)9-7-14/h6-9,12-13,16-17,21H,10-11H2,1-5H3,(H2,19,20,22). The van der Waals surface area contributed by atoms with Gasteiger partial charge in [0.1, 0.15) is 5.75 Å². The fraction of sp³-hybridized carbons (Fsp3) is 0.611. The lowest BCUT2D eigenvalue weighted by molar-refractivity contribution is 0.213. The van der Waals surface area contributed by atoms with Crippen LogP contribution in [0.1, 0.15) is 45.7 Å².